The third-order valence-corrected chi connectivity index (χ3v) is 7.21. The SMILES string of the molecule is Cc1ccc(-c2cnc3ccc(=O)[nH]c3c2)cc1C.Cc1ccc(B(O)O)cc1C.O=c1ccc2ncc(Br)cc2[nH]1. The van der Waals surface area contributed by atoms with E-state index in [2.05, 4.69) is 67.9 Å². The summed E-state index contributed by atoms with van der Waals surface area (Å²) in [4.78, 5) is 36.2. The molecule has 0 unspecified atom stereocenters. The number of aryl methyl sites for hydroxylation is 4. The number of H-pyrrole nitrogens is 2. The van der Waals surface area contributed by atoms with Gasteiger partial charge in [0, 0.05) is 34.6 Å². The summed E-state index contributed by atoms with van der Waals surface area (Å²) >= 11 is 3.27. The molecule has 212 valence electrons. The molecule has 42 heavy (non-hydrogen) atoms. The van der Waals surface area contributed by atoms with Gasteiger partial charge in [-0.25, -0.2) is 0 Å². The average molecular weight is 625 g/mol. The van der Waals surface area contributed by atoms with Crippen LogP contribution < -0.4 is 16.6 Å². The summed E-state index contributed by atoms with van der Waals surface area (Å²) in [6, 6.07) is 21.9. The highest BCUT2D eigenvalue weighted by molar-refractivity contribution is 9.10. The summed E-state index contributed by atoms with van der Waals surface area (Å²) in [7, 11) is -1.35. The minimum Gasteiger partial charge on any atom is -0.423 e. The predicted molar refractivity (Wildman–Crippen MR) is 173 cm³/mol. The molecule has 0 amide bonds. The molecule has 0 aliphatic heterocycles. The molecule has 10 heteroatoms. The van der Waals surface area contributed by atoms with Crippen molar-refractivity contribution in [2.75, 3.05) is 0 Å². The Kier molecular flexibility index (Phi) is 9.85. The Bertz CT molecular complexity index is 1990. The summed E-state index contributed by atoms with van der Waals surface area (Å²) in [6.07, 6.45) is 3.53. The highest BCUT2D eigenvalue weighted by Crippen LogP contribution is 2.23. The van der Waals surface area contributed by atoms with E-state index in [4.69, 9.17) is 10.0 Å². The number of fused-ring (bicyclic) bond motifs is 2. The second-order valence-corrected chi connectivity index (χ2v) is 10.8. The van der Waals surface area contributed by atoms with Crippen molar-refractivity contribution in [3.63, 3.8) is 0 Å². The molecule has 0 saturated heterocycles. The fourth-order valence-electron chi connectivity index (χ4n) is 4.05. The van der Waals surface area contributed by atoms with Crippen LogP contribution in [0.3, 0.4) is 0 Å². The standard InChI is InChI=1S/C16H14N2O.C8H11BO2.C8H5BrN2O/c1-10-3-4-12(7-11(10)2)13-8-15-14(17-9-13)5-6-16(19)18-15;1-6-3-4-8(9(10)11)5-7(6)2;9-5-3-7-6(10-4-5)1-2-8(12)11-7/h3-9H,1-2H3,(H,18,19);3-5,10-11H,1-2H3;1-4H,(H,11,12). The van der Waals surface area contributed by atoms with E-state index in [9.17, 15) is 9.59 Å². The quantitative estimate of drug-likeness (QED) is 0.203. The minimum absolute atomic E-state index is 0.105. The number of aromatic nitrogens is 4. The molecule has 4 aromatic heterocycles. The first-order valence-electron chi connectivity index (χ1n) is 13.1. The lowest BCUT2D eigenvalue weighted by Gasteiger charge is -2.06. The first-order valence-corrected chi connectivity index (χ1v) is 13.9. The monoisotopic (exact) mass is 624 g/mol. The van der Waals surface area contributed by atoms with Crippen molar-refractivity contribution in [1.82, 2.24) is 19.9 Å². The summed E-state index contributed by atoms with van der Waals surface area (Å²) in [5.74, 6) is 0. The van der Waals surface area contributed by atoms with Gasteiger partial charge in [0.1, 0.15) is 0 Å². The van der Waals surface area contributed by atoms with Crippen molar-refractivity contribution in [3.05, 3.63) is 133 Å². The molecule has 0 aliphatic rings. The van der Waals surface area contributed by atoms with Crippen molar-refractivity contribution >= 4 is 50.6 Å². The lowest BCUT2D eigenvalue weighted by molar-refractivity contribution is 0.425. The maximum Gasteiger partial charge on any atom is 0.488 e. The van der Waals surface area contributed by atoms with E-state index >= 15 is 0 Å². The van der Waals surface area contributed by atoms with E-state index < -0.39 is 7.12 Å². The molecule has 4 N–H and O–H groups in total. The number of benzene rings is 2. The number of nitrogens with zero attached hydrogens (tertiary/aromatic N) is 2. The molecule has 0 bridgehead atoms. The van der Waals surface area contributed by atoms with Crippen LogP contribution in [0.5, 0.6) is 0 Å². The van der Waals surface area contributed by atoms with Gasteiger partial charge in [0.2, 0.25) is 11.1 Å². The van der Waals surface area contributed by atoms with Crippen molar-refractivity contribution in [2.45, 2.75) is 27.7 Å². The molecule has 4 heterocycles. The van der Waals surface area contributed by atoms with Gasteiger partial charge in [-0.15, -0.1) is 0 Å². The van der Waals surface area contributed by atoms with E-state index in [-0.39, 0.29) is 11.1 Å². The number of pyridine rings is 4. The molecular weight excluding hydrogens is 595 g/mol. The van der Waals surface area contributed by atoms with Gasteiger partial charge in [-0.3, -0.25) is 19.6 Å². The first-order chi connectivity index (χ1) is 20.0. The maximum atomic E-state index is 11.3. The molecular formula is C32H30BBrN4O4. The Morgan fingerprint density at radius 3 is 1.74 bits per heavy atom. The molecule has 0 saturated carbocycles. The second-order valence-electron chi connectivity index (χ2n) is 9.90. The van der Waals surface area contributed by atoms with E-state index in [1.165, 1.54) is 23.3 Å². The summed E-state index contributed by atoms with van der Waals surface area (Å²) < 4.78 is 0.858. The average Bonchev–Trinajstić information content (AvgIpc) is 2.96. The summed E-state index contributed by atoms with van der Waals surface area (Å²) in [5.41, 5.74) is 10.3. The topological polar surface area (TPSA) is 132 Å². The molecule has 2 aromatic carbocycles. The van der Waals surface area contributed by atoms with Gasteiger partial charge in [-0.1, -0.05) is 36.4 Å². The lowest BCUT2D eigenvalue weighted by atomic mass is 9.79. The minimum atomic E-state index is -1.35. The molecule has 0 radical (unpaired) electrons. The van der Waals surface area contributed by atoms with Gasteiger partial charge in [0.05, 0.1) is 22.1 Å². The van der Waals surface area contributed by atoms with Crippen LogP contribution in [0, 0.1) is 27.7 Å². The van der Waals surface area contributed by atoms with Gasteiger partial charge in [-0.05, 0) is 101 Å². The van der Waals surface area contributed by atoms with Gasteiger partial charge < -0.3 is 20.0 Å². The van der Waals surface area contributed by atoms with Crippen LogP contribution >= 0.6 is 15.9 Å². The molecule has 6 rings (SSSR count). The highest BCUT2D eigenvalue weighted by Gasteiger charge is 2.10. The van der Waals surface area contributed by atoms with Crippen LogP contribution in [0.4, 0.5) is 0 Å². The first kappa shape index (κ1) is 30.6. The molecule has 6 aromatic rings. The van der Waals surface area contributed by atoms with Gasteiger partial charge in [-0.2, -0.15) is 0 Å². The molecule has 0 atom stereocenters. The predicted octanol–water partition coefficient (Wildman–Crippen LogP) is 4.88. The summed E-state index contributed by atoms with van der Waals surface area (Å²) in [5, 5.41) is 17.6. The maximum absolute atomic E-state index is 11.3. The Morgan fingerprint density at radius 2 is 1.17 bits per heavy atom. The zero-order valence-electron chi connectivity index (χ0n) is 23.6. The summed E-state index contributed by atoms with van der Waals surface area (Å²) in [6.45, 7) is 8.12. The number of halogens is 1. The Labute approximate surface area is 251 Å². The number of rotatable bonds is 2. The zero-order chi connectivity index (χ0) is 30.4. The van der Waals surface area contributed by atoms with Gasteiger partial charge >= 0.3 is 7.12 Å². The molecule has 0 fully saturated rings. The van der Waals surface area contributed by atoms with Crippen molar-refractivity contribution in [1.29, 1.82) is 0 Å². The van der Waals surface area contributed by atoms with E-state index in [0.717, 1.165) is 48.8 Å². The van der Waals surface area contributed by atoms with Crippen LogP contribution in [0.2, 0.25) is 0 Å². The number of hydrogen-bond acceptors (Lipinski definition) is 6. The number of aromatic amines is 2. The lowest BCUT2D eigenvalue weighted by Crippen LogP contribution is -2.29. The van der Waals surface area contributed by atoms with Crippen LogP contribution in [0.15, 0.2) is 99.3 Å². The normalized spacial score (nSPS) is 10.5. The number of hydrogen-bond donors (Lipinski definition) is 4. The number of nitrogens with one attached hydrogen (secondary N) is 2. The smallest absolute Gasteiger partial charge is 0.423 e. The molecule has 8 nitrogen and oxygen atoms in total. The van der Waals surface area contributed by atoms with Crippen molar-refractivity contribution in [2.24, 2.45) is 0 Å². The Morgan fingerprint density at radius 1 is 0.619 bits per heavy atom. The van der Waals surface area contributed by atoms with Crippen LogP contribution in [0.25, 0.3) is 33.2 Å². The van der Waals surface area contributed by atoms with Crippen LogP contribution in [0.1, 0.15) is 22.3 Å². The Hall–Kier alpha value is -4.38. The zero-order valence-corrected chi connectivity index (χ0v) is 25.2. The highest BCUT2D eigenvalue weighted by atomic mass is 79.9. The fraction of sp³-hybridized carbons (Fsp3) is 0.125. The fourth-order valence-corrected chi connectivity index (χ4v) is 4.38. The molecule has 0 spiro atoms. The third kappa shape index (κ3) is 7.88. The molecule has 0 aliphatic carbocycles. The third-order valence-electron chi connectivity index (χ3n) is 6.77. The van der Waals surface area contributed by atoms with E-state index in [0.29, 0.717) is 5.46 Å². The van der Waals surface area contributed by atoms with Crippen LogP contribution in [-0.2, 0) is 0 Å². The Balaban J connectivity index is 0.000000153. The largest absolute Gasteiger partial charge is 0.488 e. The van der Waals surface area contributed by atoms with Crippen molar-refractivity contribution in [3.8, 4) is 11.1 Å². The van der Waals surface area contributed by atoms with Gasteiger partial charge in [0.25, 0.3) is 0 Å². The van der Waals surface area contributed by atoms with E-state index in [1.54, 1.807) is 30.5 Å². The van der Waals surface area contributed by atoms with Crippen LogP contribution in [-0.4, -0.2) is 37.1 Å². The van der Waals surface area contributed by atoms with Gasteiger partial charge in [0.15, 0.2) is 0 Å². The van der Waals surface area contributed by atoms with Crippen molar-refractivity contribution < 1.29 is 10.0 Å². The van der Waals surface area contributed by atoms with E-state index in [1.807, 2.05) is 38.2 Å². The second kappa shape index (κ2) is 13.5.